The van der Waals surface area contributed by atoms with E-state index in [9.17, 15) is 14.0 Å². The molecule has 6 nitrogen and oxygen atoms in total. The lowest BCUT2D eigenvalue weighted by Gasteiger charge is -2.16. The highest BCUT2D eigenvalue weighted by molar-refractivity contribution is 6.99. The number of anilines is 1. The first-order chi connectivity index (χ1) is 10.5. The average Bonchev–Trinajstić information content (AvgIpc) is 2.97. The van der Waals surface area contributed by atoms with Crippen molar-refractivity contribution in [3.8, 4) is 0 Å². The Kier molecular flexibility index (Phi) is 5.16. The van der Waals surface area contributed by atoms with Gasteiger partial charge in [-0.2, -0.15) is 8.75 Å². The lowest BCUT2D eigenvalue weighted by molar-refractivity contribution is 0.0692. The maximum atomic E-state index is 12.8. The molecule has 1 aromatic heterocycles. The second-order valence-electron chi connectivity index (χ2n) is 4.70. The lowest BCUT2D eigenvalue weighted by atomic mass is 10.1. The van der Waals surface area contributed by atoms with Crippen LogP contribution in [0.15, 0.2) is 24.3 Å². The van der Waals surface area contributed by atoms with Crippen molar-refractivity contribution in [1.29, 1.82) is 0 Å². The van der Waals surface area contributed by atoms with Crippen LogP contribution in [0.4, 0.5) is 10.2 Å². The van der Waals surface area contributed by atoms with Gasteiger partial charge in [0.15, 0.2) is 11.6 Å². The molecule has 1 aromatic carbocycles. The Morgan fingerprint density at radius 3 is 2.59 bits per heavy atom. The van der Waals surface area contributed by atoms with Gasteiger partial charge in [0.2, 0.25) is 5.69 Å². The van der Waals surface area contributed by atoms with Crippen molar-refractivity contribution in [3.05, 3.63) is 41.3 Å². The average molecular weight is 323 g/mol. The van der Waals surface area contributed by atoms with Crippen LogP contribution in [0, 0.1) is 5.82 Å². The van der Waals surface area contributed by atoms with Crippen LogP contribution in [-0.2, 0) is 0 Å². The molecule has 0 radical (unpaired) electrons. The van der Waals surface area contributed by atoms with Gasteiger partial charge in [0, 0.05) is 25.6 Å². The molecule has 22 heavy (non-hydrogen) atoms. The zero-order chi connectivity index (χ0) is 16.1. The number of carboxylic acids is 1. The van der Waals surface area contributed by atoms with Crippen LogP contribution in [0.25, 0.3) is 0 Å². The minimum atomic E-state index is -1.13. The summed E-state index contributed by atoms with van der Waals surface area (Å²) in [4.78, 5) is 24.6. The summed E-state index contributed by atoms with van der Waals surface area (Å²) in [6.07, 6.45) is 0.819. The smallest absolute Gasteiger partial charge is 0.359 e. The SMILES string of the molecule is CN(CCCC(=O)c1ccc(F)cc1)c1nsnc1C(=O)O. The van der Waals surface area contributed by atoms with Gasteiger partial charge in [-0.25, -0.2) is 9.18 Å². The molecule has 0 atom stereocenters. The molecular formula is C14H14FN3O3S. The number of aromatic nitrogens is 2. The number of Topliss-reactive ketones (excluding diaryl/α,β-unsaturated/α-hetero) is 1. The number of hydrogen-bond donors (Lipinski definition) is 1. The monoisotopic (exact) mass is 323 g/mol. The Morgan fingerprint density at radius 2 is 1.95 bits per heavy atom. The fourth-order valence-corrected chi connectivity index (χ4v) is 2.52. The zero-order valence-electron chi connectivity index (χ0n) is 11.8. The molecule has 0 saturated carbocycles. The van der Waals surface area contributed by atoms with Crippen LogP contribution >= 0.6 is 11.7 Å². The molecule has 0 bridgehead atoms. The van der Waals surface area contributed by atoms with Gasteiger partial charge >= 0.3 is 5.97 Å². The molecule has 0 saturated heterocycles. The van der Waals surface area contributed by atoms with Gasteiger partial charge in [-0.1, -0.05) is 0 Å². The van der Waals surface area contributed by atoms with Gasteiger partial charge in [-0.15, -0.1) is 0 Å². The number of carboxylic acid groups (broad SMARTS) is 1. The Morgan fingerprint density at radius 1 is 1.27 bits per heavy atom. The Labute approximate surface area is 130 Å². The summed E-state index contributed by atoms with van der Waals surface area (Å²) in [6.45, 7) is 0.471. The highest BCUT2D eigenvalue weighted by atomic mass is 32.1. The third kappa shape index (κ3) is 3.85. The molecule has 0 fully saturated rings. The summed E-state index contributed by atoms with van der Waals surface area (Å²) >= 11 is 0.836. The van der Waals surface area contributed by atoms with Crippen molar-refractivity contribution in [1.82, 2.24) is 8.75 Å². The van der Waals surface area contributed by atoms with E-state index in [2.05, 4.69) is 8.75 Å². The Balaban J connectivity index is 1.88. The first kappa shape index (κ1) is 16.0. The molecule has 0 amide bonds. The van der Waals surface area contributed by atoms with Crippen LogP contribution in [0.5, 0.6) is 0 Å². The highest BCUT2D eigenvalue weighted by Gasteiger charge is 2.18. The number of carbonyl (C=O) groups is 2. The standard InChI is InChI=1S/C14H14FN3O3S/c1-18(13-12(14(20)21)16-22-17-13)8-2-3-11(19)9-4-6-10(15)7-5-9/h4-7H,2-3,8H2,1H3,(H,20,21). The number of rotatable bonds is 7. The fraction of sp³-hybridized carbons (Fsp3) is 0.286. The van der Waals surface area contributed by atoms with Gasteiger partial charge in [-0.05, 0) is 30.7 Å². The summed E-state index contributed by atoms with van der Waals surface area (Å²) in [5, 5.41) is 8.98. The Hall–Kier alpha value is -2.35. The lowest BCUT2D eigenvalue weighted by Crippen LogP contribution is -2.22. The topological polar surface area (TPSA) is 83.4 Å². The van der Waals surface area contributed by atoms with Gasteiger partial charge < -0.3 is 10.0 Å². The first-order valence-corrected chi connectivity index (χ1v) is 7.28. The Bertz CT molecular complexity index is 672. The van der Waals surface area contributed by atoms with E-state index in [1.807, 2.05) is 0 Å². The minimum absolute atomic E-state index is 0.0803. The van der Waals surface area contributed by atoms with Crippen LogP contribution in [0.3, 0.4) is 0 Å². The number of ketones is 1. The highest BCUT2D eigenvalue weighted by Crippen LogP contribution is 2.17. The molecule has 8 heteroatoms. The van der Waals surface area contributed by atoms with Gasteiger partial charge in [0.1, 0.15) is 5.82 Å². The quantitative estimate of drug-likeness (QED) is 0.788. The van der Waals surface area contributed by atoms with Crippen molar-refractivity contribution < 1.29 is 19.1 Å². The molecule has 0 aliphatic carbocycles. The number of aromatic carboxylic acids is 1. The number of halogens is 1. The molecular weight excluding hydrogens is 309 g/mol. The third-order valence-electron chi connectivity index (χ3n) is 3.10. The third-order valence-corrected chi connectivity index (χ3v) is 3.62. The van der Waals surface area contributed by atoms with Crippen LogP contribution in [0.1, 0.15) is 33.7 Å². The molecule has 0 aliphatic heterocycles. The van der Waals surface area contributed by atoms with E-state index in [1.54, 1.807) is 11.9 Å². The molecule has 1 N–H and O–H groups in total. The van der Waals surface area contributed by atoms with Gasteiger partial charge in [0.25, 0.3) is 0 Å². The molecule has 2 rings (SSSR count). The van der Waals surface area contributed by atoms with E-state index in [-0.39, 0.29) is 23.7 Å². The van der Waals surface area contributed by atoms with Crippen molar-refractivity contribution in [2.45, 2.75) is 12.8 Å². The summed E-state index contributed by atoms with van der Waals surface area (Å²) in [5.74, 6) is -1.29. The largest absolute Gasteiger partial charge is 0.476 e. The number of hydrogen-bond acceptors (Lipinski definition) is 6. The predicted molar refractivity (Wildman–Crippen MR) is 80.1 cm³/mol. The van der Waals surface area contributed by atoms with Gasteiger partial charge in [-0.3, -0.25) is 4.79 Å². The van der Waals surface area contributed by atoms with Gasteiger partial charge in [0.05, 0.1) is 11.7 Å². The van der Waals surface area contributed by atoms with E-state index in [1.165, 1.54) is 24.3 Å². The van der Waals surface area contributed by atoms with E-state index in [4.69, 9.17) is 5.11 Å². The van der Waals surface area contributed by atoms with E-state index < -0.39 is 5.97 Å². The van der Waals surface area contributed by atoms with Crippen molar-refractivity contribution in [2.75, 3.05) is 18.5 Å². The zero-order valence-corrected chi connectivity index (χ0v) is 12.6. The summed E-state index contributed by atoms with van der Waals surface area (Å²) in [7, 11) is 1.70. The molecule has 1 heterocycles. The van der Waals surface area contributed by atoms with Crippen molar-refractivity contribution in [3.63, 3.8) is 0 Å². The minimum Gasteiger partial charge on any atom is -0.476 e. The molecule has 0 unspecified atom stereocenters. The van der Waals surface area contributed by atoms with E-state index in [0.29, 0.717) is 24.3 Å². The number of nitrogens with zero attached hydrogens (tertiary/aromatic N) is 3. The van der Waals surface area contributed by atoms with E-state index in [0.717, 1.165) is 11.7 Å². The normalized spacial score (nSPS) is 10.5. The summed E-state index contributed by atoms with van der Waals surface area (Å²) in [6, 6.07) is 5.40. The van der Waals surface area contributed by atoms with E-state index >= 15 is 0 Å². The van der Waals surface area contributed by atoms with Crippen LogP contribution < -0.4 is 4.90 Å². The fourth-order valence-electron chi connectivity index (χ4n) is 1.93. The maximum absolute atomic E-state index is 12.8. The van der Waals surface area contributed by atoms with Crippen LogP contribution in [-0.4, -0.2) is 39.2 Å². The van der Waals surface area contributed by atoms with Crippen molar-refractivity contribution >= 4 is 29.3 Å². The maximum Gasteiger partial charge on any atom is 0.359 e. The van der Waals surface area contributed by atoms with Crippen LogP contribution in [0.2, 0.25) is 0 Å². The predicted octanol–water partition coefficient (Wildman–Crippen LogP) is 2.47. The molecule has 2 aromatic rings. The first-order valence-electron chi connectivity index (χ1n) is 6.55. The second-order valence-corrected chi connectivity index (χ2v) is 5.23. The van der Waals surface area contributed by atoms with Crippen molar-refractivity contribution in [2.24, 2.45) is 0 Å². The molecule has 116 valence electrons. The number of carbonyl (C=O) groups excluding carboxylic acids is 1. The number of benzene rings is 1. The summed E-state index contributed by atoms with van der Waals surface area (Å²) < 4.78 is 20.5. The second kappa shape index (κ2) is 7.08. The molecule has 0 aliphatic rings. The summed E-state index contributed by atoms with van der Waals surface area (Å²) in [5.41, 5.74) is 0.378. The molecule has 0 spiro atoms.